The number of benzene rings is 1. The van der Waals surface area contributed by atoms with Gasteiger partial charge in [0.25, 0.3) is 0 Å². The van der Waals surface area contributed by atoms with E-state index in [9.17, 15) is 0 Å². The van der Waals surface area contributed by atoms with Crippen LogP contribution in [0.3, 0.4) is 0 Å². The second-order valence-corrected chi connectivity index (χ2v) is 3.96. The van der Waals surface area contributed by atoms with Gasteiger partial charge in [0, 0.05) is 5.02 Å². The topological polar surface area (TPSA) is 20.2 Å². The maximum atomic E-state index is 9.14. The van der Waals surface area contributed by atoms with Crippen LogP contribution in [-0.4, -0.2) is 11.7 Å². The van der Waals surface area contributed by atoms with E-state index in [-0.39, 0.29) is 6.61 Å². The van der Waals surface area contributed by atoms with Crippen molar-refractivity contribution in [1.29, 1.82) is 0 Å². The molecule has 1 aromatic rings. The van der Waals surface area contributed by atoms with Gasteiger partial charge in [0.15, 0.2) is 0 Å². The lowest BCUT2D eigenvalue weighted by molar-refractivity contribution is 0.320. The van der Waals surface area contributed by atoms with Crippen LogP contribution in [0.1, 0.15) is 19.4 Å². The van der Waals surface area contributed by atoms with Gasteiger partial charge in [-0.2, -0.15) is 0 Å². The molecule has 0 bridgehead atoms. The summed E-state index contributed by atoms with van der Waals surface area (Å²) < 4.78 is 0. The van der Waals surface area contributed by atoms with E-state index in [4.69, 9.17) is 16.7 Å². The molecule has 0 heterocycles. The molecule has 1 nitrogen and oxygen atoms in total. The minimum Gasteiger partial charge on any atom is -0.392 e. The lowest BCUT2D eigenvalue weighted by Crippen LogP contribution is -1.98. The Balaban J connectivity index is 3.00. The summed E-state index contributed by atoms with van der Waals surface area (Å²) in [6.07, 6.45) is 1.95. The first-order valence-electron chi connectivity index (χ1n) is 4.71. The highest BCUT2D eigenvalue weighted by molar-refractivity contribution is 6.32. The Labute approximate surface area is 90.0 Å². The maximum Gasteiger partial charge on any atom is 0.0647 e. The minimum atomic E-state index is 0.0862. The SMILES string of the molecule is CC(C)/C(=C/c1ccccc1Cl)CO. The molecular weight excluding hydrogens is 196 g/mol. The molecule has 0 aliphatic heterocycles. The van der Waals surface area contributed by atoms with Gasteiger partial charge in [0.05, 0.1) is 6.61 Å². The van der Waals surface area contributed by atoms with Crippen LogP contribution in [0.25, 0.3) is 6.08 Å². The van der Waals surface area contributed by atoms with Crippen LogP contribution >= 0.6 is 11.6 Å². The highest BCUT2D eigenvalue weighted by Crippen LogP contribution is 2.20. The Kier molecular flexibility index (Phi) is 4.18. The van der Waals surface area contributed by atoms with Crippen molar-refractivity contribution in [1.82, 2.24) is 0 Å². The lowest BCUT2D eigenvalue weighted by atomic mass is 10.0. The molecule has 0 atom stereocenters. The molecule has 0 radical (unpaired) electrons. The third-order valence-corrected chi connectivity index (χ3v) is 2.51. The fraction of sp³-hybridized carbons (Fsp3) is 0.333. The molecule has 0 aromatic heterocycles. The third kappa shape index (κ3) is 2.86. The Bertz CT molecular complexity index is 329. The monoisotopic (exact) mass is 210 g/mol. The van der Waals surface area contributed by atoms with Crippen molar-refractivity contribution in [2.75, 3.05) is 6.61 Å². The van der Waals surface area contributed by atoms with Crippen LogP contribution < -0.4 is 0 Å². The molecule has 0 saturated heterocycles. The van der Waals surface area contributed by atoms with E-state index < -0.39 is 0 Å². The summed E-state index contributed by atoms with van der Waals surface area (Å²) in [6, 6.07) is 7.63. The zero-order chi connectivity index (χ0) is 10.6. The molecule has 76 valence electrons. The van der Waals surface area contributed by atoms with Crippen LogP contribution in [-0.2, 0) is 0 Å². The molecule has 0 aliphatic carbocycles. The number of aliphatic hydroxyl groups is 1. The normalized spacial score (nSPS) is 12.2. The highest BCUT2D eigenvalue weighted by atomic mass is 35.5. The van der Waals surface area contributed by atoms with Crippen molar-refractivity contribution in [3.05, 3.63) is 40.4 Å². The molecule has 1 rings (SSSR count). The highest BCUT2D eigenvalue weighted by Gasteiger charge is 2.03. The van der Waals surface area contributed by atoms with E-state index in [0.717, 1.165) is 16.2 Å². The van der Waals surface area contributed by atoms with Crippen LogP contribution in [0.4, 0.5) is 0 Å². The van der Waals surface area contributed by atoms with Crippen LogP contribution in [0, 0.1) is 5.92 Å². The maximum absolute atomic E-state index is 9.14. The first-order chi connectivity index (χ1) is 6.65. The zero-order valence-electron chi connectivity index (χ0n) is 8.50. The van der Waals surface area contributed by atoms with Crippen molar-refractivity contribution >= 4 is 17.7 Å². The smallest absolute Gasteiger partial charge is 0.0647 e. The molecule has 2 heteroatoms. The average molecular weight is 211 g/mol. The Morgan fingerprint density at radius 1 is 1.43 bits per heavy atom. The van der Waals surface area contributed by atoms with E-state index in [0.29, 0.717) is 5.92 Å². The van der Waals surface area contributed by atoms with E-state index >= 15 is 0 Å². The van der Waals surface area contributed by atoms with Gasteiger partial charge < -0.3 is 5.11 Å². The molecule has 14 heavy (non-hydrogen) atoms. The van der Waals surface area contributed by atoms with E-state index in [1.807, 2.05) is 30.3 Å². The van der Waals surface area contributed by atoms with Crippen molar-refractivity contribution < 1.29 is 5.11 Å². The number of halogens is 1. The predicted molar refractivity (Wildman–Crippen MR) is 61.4 cm³/mol. The van der Waals surface area contributed by atoms with Gasteiger partial charge in [-0.1, -0.05) is 49.7 Å². The van der Waals surface area contributed by atoms with Gasteiger partial charge in [0.2, 0.25) is 0 Å². The van der Waals surface area contributed by atoms with Crippen molar-refractivity contribution in [3.8, 4) is 0 Å². The second kappa shape index (κ2) is 5.18. The summed E-state index contributed by atoms with van der Waals surface area (Å²) in [5.41, 5.74) is 1.96. The van der Waals surface area contributed by atoms with Crippen LogP contribution in [0.15, 0.2) is 29.8 Å². The fourth-order valence-electron chi connectivity index (χ4n) is 1.19. The lowest BCUT2D eigenvalue weighted by Gasteiger charge is -2.08. The standard InChI is InChI=1S/C12H15ClO/c1-9(2)11(8-14)7-10-5-3-4-6-12(10)13/h3-7,9,14H,8H2,1-2H3/b11-7+. The number of aliphatic hydroxyl groups excluding tert-OH is 1. The van der Waals surface area contributed by atoms with Gasteiger partial charge in [-0.05, 0) is 23.1 Å². The largest absolute Gasteiger partial charge is 0.392 e. The molecule has 0 fully saturated rings. The molecule has 0 spiro atoms. The fourth-order valence-corrected chi connectivity index (χ4v) is 1.38. The van der Waals surface area contributed by atoms with Gasteiger partial charge in [-0.25, -0.2) is 0 Å². The van der Waals surface area contributed by atoms with Crippen molar-refractivity contribution in [2.24, 2.45) is 5.92 Å². The number of hydrogen-bond donors (Lipinski definition) is 1. The van der Waals surface area contributed by atoms with E-state index in [2.05, 4.69) is 13.8 Å². The Hall–Kier alpha value is -0.790. The van der Waals surface area contributed by atoms with Crippen LogP contribution in [0.5, 0.6) is 0 Å². The van der Waals surface area contributed by atoms with Gasteiger partial charge in [-0.3, -0.25) is 0 Å². The summed E-state index contributed by atoms with van der Waals surface area (Å²) in [7, 11) is 0. The summed E-state index contributed by atoms with van der Waals surface area (Å²) in [6.45, 7) is 4.20. The van der Waals surface area contributed by atoms with Gasteiger partial charge in [-0.15, -0.1) is 0 Å². The third-order valence-electron chi connectivity index (χ3n) is 2.17. The minimum absolute atomic E-state index is 0.0862. The number of hydrogen-bond acceptors (Lipinski definition) is 1. The zero-order valence-corrected chi connectivity index (χ0v) is 9.25. The Morgan fingerprint density at radius 2 is 2.07 bits per heavy atom. The molecule has 0 unspecified atom stereocenters. The summed E-state index contributed by atoms with van der Waals surface area (Å²) in [5, 5.41) is 9.86. The summed E-state index contributed by atoms with van der Waals surface area (Å²) >= 11 is 6.00. The first kappa shape index (κ1) is 11.3. The van der Waals surface area contributed by atoms with E-state index in [1.165, 1.54) is 0 Å². The first-order valence-corrected chi connectivity index (χ1v) is 5.08. The number of rotatable bonds is 3. The van der Waals surface area contributed by atoms with Crippen molar-refractivity contribution in [3.63, 3.8) is 0 Å². The quantitative estimate of drug-likeness (QED) is 0.811. The van der Waals surface area contributed by atoms with Gasteiger partial charge >= 0.3 is 0 Å². The molecular formula is C12H15ClO. The molecule has 1 aromatic carbocycles. The molecule has 0 saturated carbocycles. The Morgan fingerprint density at radius 3 is 2.57 bits per heavy atom. The predicted octanol–water partition coefficient (Wildman–Crippen LogP) is 3.37. The molecule has 1 N–H and O–H groups in total. The average Bonchev–Trinajstić information content (AvgIpc) is 2.16. The van der Waals surface area contributed by atoms with Crippen molar-refractivity contribution in [2.45, 2.75) is 13.8 Å². The van der Waals surface area contributed by atoms with Crippen LogP contribution in [0.2, 0.25) is 5.02 Å². The second-order valence-electron chi connectivity index (χ2n) is 3.55. The summed E-state index contributed by atoms with van der Waals surface area (Å²) in [5.74, 6) is 0.344. The molecule has 0 amide bonds. The summed E-state index contributed by atoms with van der Waals surface area (Å²) in [4.78, 5) is 0. The molecule has 0 aliphatic rings. The van der Waals surface area contributed by atoms with E-state index in [1.54, 1.807) is 0 Å². The van der Waals surface area contributed by atoms with Gasteiger partial charge in [0.1, 0.15) is 0 Å².